The largest absolute Gasteiger partial charge is 0.392 e. The van der Waals surface area contributed by atoms with Crippen LogP contribution in [0.25, 0.3) is 0 Å². The first-order valence-electron chi connectivity index (χ1n) is 3.64. The summed E-state index contributed by atoms with van der Waals surface area (Å²) >= 11 is 0. The molecule has 5 heteroatoms. The molecule has 0 aliphatic carbocycles. The number of aldehydes is 1. The number of carbonyl (C=O) groups excluding carboxylic acids is 1. The molecule has 0 aromatic carbocycles. The third-order valence-electron chi connectivity index (χ3n) is 1.85. The van der Waals surface area contributed by atoms with E-state index < -0.39 is 18.2 Å². The van der Waals surface area contributed by atoms with E-state index in [1.807, 2.05) is 0 Å². The zero-order chi connectivity index (χ0) is 9.24. The van der Waals surface area contributed by atoms with E-state index >= 15 is 0 Å². The van der Waals surface area contributed by atoms with Gasteiger partial charge in [-0.3, -0.25) is 0 Å². The second-order valence-corrected chi connectivity index (χ2v) is 2.93. The SMILES string of the molecule is O=CC1(CC(F)(F)F)CCCO1. The highest BCUT2D eigenvalue weighted by atomic mass is 19.4. The Labute approximate surface area is 67.7 Å². The highest BCUT2D eigenvalue weighted by molar-refractivity contribution is 5.63. The average Bonchev–Trinajstić information content (AvgIpc) is 2.34. The Morgan fingerprint density at radius 3 is 2.50 bits per heavy atom. The Hall–Kier alpha value is -0.580. The zero-order valence-electron chi connectivity index (χ0n) is 6.36. The van der Waals surface area contributed by atoms with Gasteiger partial charge in [-0.25, -0.2) is 0 Å². The van der Waals surface area contributed by atoms with Crippen LogP contribution in [0.3, 0.4) is 0 Å². The molecule has 1 unspecified atom stereocenters. The summed E-state index contributed by atoms with van der Waals surface area (Å²) in [6.07, 6.45) is -4.52. The Morgan fingerprint density at radius 2 is 2.17 bits per heavy atom. The van der Waals surface area contributed by atoms with Crippen LogP contribution in [0.2, 0.25) is 0 Å². The number of ether oxygens (including phenoxy) is 1. The highest BCUT2D eigenvalue weighted by Gasteiger charge is 2.45. The number of hydrogen-bond acceptors (Lipinski definition) is 2. The van der Waals surface area contributed by atoms with E-state index in [0.29, 0.717) is 6.42 Å². The van der Waals surface area contributed by atoms with Crippen LogP contribution in [0.5, 0.6) is 0 Å². The number of alkyl halides is 3. The molecule has 0 amide bonds. The molecule has 2 nitrogen and oxygen atoms in total. The molecular formula is C7H9F3O2. The van der Waals surface area contributed by atoms with Gasteiger partial charge in [0.2, 0.25) is 0 Å². The van der Waals surface area contributed by atoms with E-state index in [2.05, 4.69) is 0 Å². The maximum absolute atomic E-state index is 11.9. The molecule has 0 aromatic heterocycles. The van der Waals surface area contributed by atoms with E-state index in [-0.39, 0.29) is 19.3 Å². The Balaban J connectivity index is 2.62. The third kappa shape index (κ3) is 2.20. The van der Waals surface area contributed by atoms with Crippen molar-refractivity contribution in [2.75, 3.05) is 6.61 Å². The first-order valence-corrected chi connectivity index (χ1v) is 3.64. The minimum atomic E-state index is -4.33. The van der Waals surface area contributed by atoms with Crippen LogP contribution >= 0.6 is 0 Å². The summed E-state index contributed by atoms with van der Waals surface area (Å²) in [5, 5.41) is 0. The average molecular weight is 182 g/mol. The molecule has 1 aliphatic heterocycles. The molecule has 70 valence electrons. The molecular weight excluding hydrogens is 173 g/mol. The van der Waals surface area contributed by atoms with Gasteiger partial charge in [0.25, 0.3) is 0 Å². The lowest BCUT2D eigenvalue weighted by Crippen LogP contribution is -2.35. The second-order valence-electron chi connectivity index (χ2n) is 2.93. The van der Waals surface area contributed by atoms with Crippen molar-refractivity contribution in [3.05, 3.63) is 0 Å². The van der Waals surface area contributed by atoms with Crippen molar-refractivity contribution in [2.45, 2.75) is 31.0 Å². The molecule has 0 N–H and O–H groups in total. The molecule has 1 fully saturated rings. The predicted molar refractivity (Wildman–Crippen MR) is 34.7 cm³/mol. The highest BCUT2D eigenvalue weighted by Crippen LogP contribution is 2.35. The minimum Gasteiger partial charge on any atom is -0.367 e. The van der Waals surface area contributed by atoms with Crippen LogP contribution < -0.4 is 0 Å². The molecule has 0 radical (unpaired) electrons. The molecule has 1 atom stereocenters. The van der Waals surface area contributed by atoms with Gasteiger partial charge in [-0.05, 0) is 12.8 Å². The van der Waals surface area contributed by atoms with Crippen LogP contribution in [0.15, 0.2) is 0 Å². The van der Waals surface area contributed by atoms with Gasteiger partial charge in [0, 0.05) is 6.61 Å². The summed E-state index contributed by atoms with van der Waals surface area (Å²) in [5.74, 6) is 0. The summed E-state index contributed by atoms with van der Waals surface area (Å²) < 4.78 is 40.5. The summed E-state index contributed by atoms with van der Waals surface area (Å²) in [4.78, 5) is 10.4. The summed E-state index contributed by atoms with van der Waals surface area (Å²) in [7, 11) is 0. The van der Waals surface area contributed by atoms with Gasteiger partial charge in [-0.15, -0.1) is 0 Å². The van der Waals surface area contributed by atoms with Crippen molar-refractivity contribution < 1.29 is 22.7 Å². The topological polar surface area (TPSA) is 26.3 Å². The van der Waals surface area contributed by atoms with E-state index in [4.69, 9.17) is 4.74 Å². The van der Waals surface area contributed by atoms with Gasteiger partial charge in [-0.2, -0.15) is 13.2 Å². The van der Waals surface area contributed by atoms with Crippen LogP contribution in [0.1, 0.15) is 19.3 Å². The standard InChI is InChI=1S/C7H9F3O2/c8-7(9,10)4-6(5-11)2-1-3-12-6/h5H,1-4H2. The van der Waals surface area contributed by atoms with Gasteiger partial charge in [-0.1, -0.05) is 0 Å². The van der Waals surface area contributed by atoms with Crippen molar-refractivity contribution in [1.82, 2.24) is 0 Å². The number of halogens is 3. The van der Waals surface area contributed by atoms with Crippen LogP contribution in [0.4, 0.5) is 13.2 Å². The van der Waals surface area contributed by atoms with E-state index in [1.54, 1.807) is 0 Å². The molecule has 1 heterocycles. The van der Waals surface area contributed by atoms with E-state index in [9.17, 15) is 18.0 Å². The summed E-state index contributed by atoms with van der Waals surface area (Å²) in [5.41, 5.74) is -1.59. The monoisotopic (exact) mass is 182 g/mol. The van der Waals surface area contributed by atoms with Crippen molar-refractivity contribution >= 4 is 6.29 Å². The Bertz CT molecular complexity index is 170. The maximum atomic E-state index is 11.9. The number of rotatable bonds is 2. The van der Waals surface area contributed by atoms with Crippen LogP contribution in [0, 0.1) is 0 Å². The van der Waals surface area contributed by atoms with Crippen molar-refractivity contribution in [2.24, 2.45) is 0 Å². The zero-order valence-corrected chi connectivity index (χ0v) is 6.36. The molecule has 1 aliphatic rings. The van der Waals surface area contributed by atoms with Gasteiger partial charge in [0.05, 0.1) is 6.42 Å². The smallest absolute Gasteiger partial charge is 0.367 e. The normalized spacial score (nSPS) is 30.6. The lowest BCUT2D eigenvalue weighted by molar-refractivity contribution is -0.179. The minimum absolute atomic E-state index is 0.177. The second kappa shape index (κ2) is 3.05. The molecule has 12 heavy (non-hydrogen) atoms. The lowest BCUT2D eigenvalue weighted by atomic mass is 9.98. The van der Waals surface area contributed by atoms with Gasteiger partial charge >= 0.3 is 6.18 Å². The number of carbonyl (C=O) groups is 1. The maximum Gasteiger partial charge on any atom is 0.392 e. The summed E-state index contributed by atoms with van der Waals surface area (Å²) in [6, 6.07) is 0. The van der Waals surface area contributed by atoms with Gasteiger partial charge < -0.3 is 9.53 Å². The quantitative estimate of drug-likeness (QED) is 0.607. The summed E-state index contributed by atoms with van der Waals surface area (Å²) in [6.45, 7) is 0.245. The first kappa shape index (κ1) is 9.51. The fourth-order valence-electron chi connectivity index (χ4n) is 1.33. The van der Waals surface area contributed by atoms with Crippen molar-refractivity contribution in [1.29, 1.82) is 0 Å². The van der Waals surface area contributed by atoms with Gasteiger partial charge in [0.1, 0.15) is 5.60 Å². The Kier molecular flexibility index (Phi) is 2.41. The molecule has 0 bridgehead atoms. The van der Waals surface area contributed by atoms with E-state index in [1.165, 1.54) is 0 Å². The fourth-order valence-corrected chi connectivity index (χ4v) is 1.33. The third-order valence-corrected chi connectivity index (χ3v) is 1.85. The molecule has 0 saturated carbocycles. The molecule has 0 spiro atoms. The lowest BCUT2D eigenvalue weighted by Gasteiger charge is -2.22. The molecule has 0 aromatic rings. The number of hydrogen-bond donors (Lipinski definition) is 0. The van der Waals surface area contributed by atoms with Crippen LogP contribution in [-0.2, 0) is 9.53 Å². The van der Waals surface area contributed by atoms with E-state index in [0.717, 1.165) is 0 Å². The predicted octanol–water partition coefficient (Wildman–Crippen LogP) is 1.69. The van der Waals surface area contributed by atoms with Gasteiger partial charge in [0.15, 0.2) is 6.29 Å². The fraction of sp³-hybridized carbons (Fsp3) is 0.857. The molecule has 1 rings (SSSR count). The first-order chi connectivity index (χ1) is 5.47. The van der Waals surface area contributed by atoms with Crippen molar-refractivity contribution in [3.63, 3.8) is 0 Å². The van der Waals surface area contributed by atoms with Crippen LogP contribution in [-0.4, -0.2) is 24.7 Å². The Morgan fingerprint density at radius 1 is 1.50 bits per heavy atom. The van der Waals surface area contributed by atoms with Crippen molar-refractivity contribution in [3.8, 4) is 0 Å². The molecule has 1 saturated heterocycles.